The van der Waals surface area contributed by atoms with Crippen LogP contribution < -0.4 is 10.2 Å². The zero-order valence-electron chi connectivity index (χ0n) is 24.0. The first-order valence-electron chi connectivity index (χ1n) is 13.7. The number of hydrogen-bond donors (Lipinski definition) is 1. The Kier molecular flexibility index (Phi) is 8.39. The largest absolute Gasteiger partial charge is 0.379 e. The van der Waals surface area contributed by atoms with E-state index in [1.807, 2.05) is 6.19 Å². The molecule has 0 spiro atoms. The van der Waals surface area contributed by atoms with Crippen molar-refractivity contribution >= 4 is 27.7 Å². The molecule has 3 atom stereocenters. The lowest BCUT2D eigenvalue weighted by atomic mass is 9.92. The number of aromatic nitrogens is 3. The molecule has 1 aliphatic heterocycles. The number of rotatable bonds is 9. The molecule has 0 radical (unpaired) electrons. The van der Waals surface area contributed by atoms with Crippen LogP contribution in [0.1, 0.15) is 63.9 Å². The maximum Gasteiger partial charge on any atom is 0.310 e. The van der Waals surface area contributed by atoms with Gasteiger partial charge in [0.2, 0.25) is 5.92 Å². The number of benzene rings is 1. The summed E-state index contributed by atoms with van der Waals surface area (Å²) in [5.74, 6) is -4.88. The minimum atomic E-state index is -10.1. The summed E-state index contributed by atoms with van der Waals surface area (Å²) >= 11 is 0. The van der Waals surface area contributed by atoms with Crippen LogP contribution in [0.4, 0.5) is 33.9 Å². The van der Waals surface area contributed by atoms with Gasteiger partial charge in [0.25, 0.3) is 11.8 Å². The first-order chi connectivity index (χ1) is 20.2. The van der Waals surface area contributed by atoms with E-state index < -0.39 is 76.0 Å². The molecule has 1 saturated carbocycles. The number of likely N-dealkylation sites (tertiary alicyclic amines) is 1. The van der Waals surface area contributed by atoms with Crippen LogP contribution in [0.5, 0.6) is 0 Å². The van der Waals surface area contributed by atoms with Crippen LogP contribution >= 0.6 is 10.2 Å². The molecule has 244 valence electrons. The Morgan fingerprint density at radius 1 is 1.14 bits per heavy atom. The van der Waals surface area contributed by atoms with Crippen molar-refractivity contribution in [3.8, 4) is 6.19 Å². The lowest BCUT2D eigenvalue weighted by Crippen LogP contribution is -2.52. The van der Waals surface area contributed by atoms with Crippen molar-refractivity contribution in [2.24, 2.45) is 0 Å². The zero-order chi connectivity index (χ0) is 32.7. The van der Waals surface area contributed by atoms with Crippen LogP contribution in [-0.2, 0) is 14.3 Å². The van der Waals surface area contributed by atoms with E-state index in [0.717, 1.165) is 9.80 Å². The Balaban J connectivity index is 1.85. The number of hydrogen-bond acceptors (Lipinski definition) is 7. The third-order valence-electron chi connectivity index (χ3n) is 7.78. The highest BCUT2D eigenvalue weighted by Crippen LogP contribution is 3.02. The summed E-state index contributed by atoms with van der Waals surface area (Å²) < 4.78 is 102. The maximum absolute atomic E-state index is 14.3. The second kappa shape index (κ2) is 11.1. The predicted octanol–water partition coefficient (Wildman–Crippen LogP) is 5.86. The number of nitrogens with zero attached hydrogens (tertiary/aromatic N) is 6. The number of methoxy groups -OCH3 is 1. The molecule has 4 rings (SSSR count). The summed E-state index contributed by atoms with van der Waals surface area (Å²) in [4.78, 5) is 27.9. The lowest BCUT2D eigenvalue weighted by molar-refractivity contribution is -0.129. The molecule has 2 aromatic rings. The molecule has 2 aliphatic rings. The first kappa shape index (κ1) is 33.3. The van der Waals surface area contributed by atoms with Crippen LogP contribution in [-0.4, -0.2) is 69.2 Å². The minimum absolute atomic E-state index is 0.00424. The summed E-state index contributed by atoms with van der Waals surface area (Å²) in [6, 6.07) is -2.65. The van der Waals surface area contributed by atoms with Gasteiger partial charge < -0.3 is 14.6 Å². The Bertz CT molecular complexity index is 1420. The molecule has 10 nitrogen and oxygen atoms in total. The van der Waals surface area contributed by atoms with Crippen molar-refractivity contribution in [3.05, 3.63) is 36.4 Å². The van der Waals surface area contributed by atoms with Gasteiger partial charge in [0.1, 0.15) is 17.3 Å². The summed E-state index contributed by atoms with van der Waals surface area (Å²) in [5.41, 5.74) is -0.381. The van der Waals surface area contributed by atoms with Gasteiger partial charge in [0.15, 0.2) is 18.1 Å². The quantitative estimate of drug-likeness (QED) is 0.266. The molecule has 18 heteroatoms. The number of halogens is 7. The summed E-state index contributed by atoms with van der Waals surface area (Å²) in [6.07, 6.45) is 1.33. The number of anilines is 1. The van der Waals surface area contributed by atoms with E-state index in [-0.39, 0.29) is 49.5 Å². The van der Waals surface area contributed by atoms with E-state index in [4.69, 9.17) is 4.74 Å². The van der Waals surface area contributed by atoms with Crippen LogP contribution in [0, 0.1) is 11.5 Å². The standard InChI is InChI=1S/C26H32F7N7O3S/c1-16(2)39-15-35-37-23(39)22(24(41)36-17-8-10-26(27,28)11-9-17)40(25(42)21-12-19(43-3)13-38(21)14-34)18-4-6-20(7-5-18)44(29,30,31,32)33/h4-7,15-17,19,21-22H,8-13H2,1-3H3,(H,36,41)/t19-,21-,22?/m1/s1. The van der Waals surface area contributed by atoms with E-state index in [0.29, 0.717) is 12.1 Å². The lowest BCUT2D eigenvalue weighted by Gasteiger charge is -2.41. The fourth-order valence-corrected chi connectivity index (χ4v) is 6.05. The van der Waals surface area contributed by atoms with E-state index in [9.17, 15) is 43.1 Å². The monoisotopic (exact) mass is 655 g/mol. The number of nitriles is 1. The molecular weight excluding hydrogens is 623 g/mol. The first-order valence-corrected chi connectivity index (χ1v) is 15.6. The fourth-order valence-electron chi connectivity index (χ4n) is 5.40. The number of alkyl halides is 2. The number of carbonyl (C=O) groups excluding carboxylic acids is 2. The Morgan fingerprint density at radius 3 is 2.27 bits per heavy atom. The number of amides is 2. The number of nitrogens with one attached hydrogen (secondary N) is 1. The van der Waals surface area contributed by atoms with E-state index in [1.54, 1.807) is 13.8 Å². The molecule has 1 unspecified atom stereocenters. The molecule has 1 aromatic carbocycles. The predicted molar refractivity (Wildman–Crippen MR) is 145 cm³/mol. The van der Waals surface area contributed by atoms with Gasteiger partial charge in [0.05, 0.1) is 12.6 Å². The highest BCUT2D eigenvalue weighted by molar-refractivity contribution is 8.45. The highest BCUT2D eigenvalue weighted by Gasteiger charge is 2.65. The third-order valence-corrected chi connectivity index (χ3v) is 8.94. The van der Waals surface area contributed by atoms with E-state index >= 15 is 0 Å². The van der Waals surface area contributed by atoms with Gasteiger partial charge in [-0.2, -0.15) is 5.26 Å². The topological polar surface area (TPSA) is 116 Å². The number of ether oxygens (including phenoxy) is 1. The van der Waals surface area contributed by atoms with Gasteiger partial charge in [-0.3, -0.25) is 19.4 Å². The van der Waals surface area contributed by atoms with Gasteiger partial charge in [0, 0.05) is 44.1 Å². The van der Waals surface area contributed by atoms with Crippen molar-refractivity contribution in [1.29, 1.82) is 5.26 Å². The van der Waals surface area contributed by atoms with Crippen molar-refractivity contribution in [2.45, 2.75) is 87.0 Å². The SMILES string of the molecule is CO[C@@H]1C[C@H](C(=O)N(c2ccc(S(F)(F)(F)(F)F)cc2)C(C(=O)NC2CCC(F)(F)CC2)c2nncn2C(C)C)N(C#N)C1. The molecule has 0 bridgehead atoms. The summed E-state index contributed by atoms with van der Waals surface area (Å²) in [6.45, 7) is 3.41. The summed E-state index contributed by atoms with van der Waals surface area (Å²) in [5, 5.41) is 20.2. The van der Waals surface area contributed by atoms with Gasteiger partial charge in [-0.1, -0.05) is 19.4 Å². The van der Waals surface area contributed by atoms with Crippen LogP contribution in [0.25, 0.3) is 0 Å². The molecule has 2 heterocycles. The van der Waals surface area contributed by atoms with Gasteiger partial charge in [-0.25, -0.2) is 8.78 Å². The molecule has 1 N–H and O–H groups in total. The third kappa shape index (κ3) is 7.20. The maximum atomic E-state index is 14.3. The van der Waals surface area contributed by atoms with Crippen molar-refractivity contribution < 1.29 is 42.5 Å². The van der Waals surface area contributed by atoms with E-state index in [2.05, 4.69) is 15.5 Å². The summed E-state index contributed by atoms with van der Waals surface area (Å²) in [7, 11) is -8.74. The van der Waals surface area contributed by atoms with Gasteiger partial charge >= 0.3 is 10.2 Å². The Morgan fingerprint density at radius 2 is 1.75 bits per heavy atom. The normalized spacial score (nSPS) is 23.0. The second-order valence-corrected chi connectivity index (χ2v) is 13.7. The van der Waals surface area contributed by atoms with Crippen molar-refractivity contribution in [1.82, 2.24) is 25.0 Å². The molecule has 44 heavy (non-hydrogen) atoms. The minimum Gasteiger partial charge on any atom is -0.379 e. The van der Waals surface area contributed by atoms with Gasteiger partial charge in [-0.05, 0) is 51.0 Å². The van der Waals surface area contributed by atoms with Gasteiger partial charge in [-0.15, -0.1) is 10.2 Å². The van der Waals surface area contributed by atoms with E-state index in [1.165, 1.54) is 18.0 Å². The zero-order valence-corrected chi connectivity index (χ0v) is 24.8. The molecule has 2 amide bonds. The Hall–Kier alpha value is -3.59. The van der Waals surface area contributed by atoms with Crippen LogP contribution in [0.2, 0.25) is 0 Å². The molecular formula is C26H32F7N7O3S. The van der Waals surface area contributed by atoms with Crippen molar-refractivity contribution in [3.63, 3.8) is 0 Å². The highest BCUT2D eigenvalue weighted by atomic mass is 32.5. The number of carbonyl (C=O) groups is 2. The molecule has 1 aromatic heterocycles. The fraction of sp³-hybridized carbons (Fsp3) is 0.577. The Labute approximate surface area is 248 Å². The molecule has 1 aliphatic carbocycles. The smallest absolute Gasteiger partial charge is 0.310 e. The van der Waals surface area contributed by atoms with Crippen LogP contribution in [0.3, 0.4) is 0 Å². The average Bonchev–Trinajstić information content (AvgIpc) is 3.58. The second-order valence-electron chi connectivity index (χ2n) is 11.3. The molecule has 1 saturated heterocycles. The van der Waals surface area contributed by atoms with Crippen LogP contribution in [0.15, 0.2) is 35.5 Å². The molecule has 2 fully saturated rings. The average molecular weight is 656 g/mol. The van der Waals surface area contributed by atoms with Crippen molar-refractivity contribution in [2.75, 3.05) is 18.6 Å².